The van der Waals surface area contributed by atoms with E-state index >= 15 is 0 Å². The first kappa shape index (κ1) is 9.22. The molecule has 0 aromatic carbocycles. The van der Waals surface area contributed by atoms with Crippen LogP contribution < -0.4 is 5.32 Å². The molecule has 2 N–H and O–H groups in total. The van der Waals surface area contributed by atoms with E-state index in [1.54, 1.807) is 6.20 Å². The van der Waals surface area contributed by atoms with Crippen molar-refractivity contribution in [1.82, 2.24) is 10.3 Å². The van der Waals surface area contributed by atoms with Crippen LogP contribution in [0.4, 0.5) is 0 Å². The average molecular weight is 170 g/mol. The summed E-state index contributed by atoms with van der Waals surface area (Å²) < 4.78 is 5.03. The molecule has 0 spiro atoms. The lowest BCUT2D eigenvalue weighted by molar-refractivity contribution is 0.267. The number of oxazole rings is 1. The zero-order valence-corrected chi connectivity index (χ0v) is 7.16. The molecule has 1 heterocycles. The van der Waals surface area contributed by atoms with E-state index < -0.39 is 0 Å². The normalized spacial score (nSPS) is 13.2. The van der Waals surface area contributed by atoms with Gasteiger partial charge in [0.1, 0.15) is 5.76 Å². The van der Waals surface area contributed by atoms with Gasteiger partial charge in [0.2, 0.25) is 0 Å². The summed E-state index contributed by atoms with van der Waals surface area (Å²) in [4.78, 5) is 3.79. The fourth-order valence-electron chi connectivity index (χ4n) is 0.900. The average Bonchev–Trinajstić information content (AvgIpc) is 2.53. The fourth-order valence-corrected chi connectivity index (χ4v) is 0.900. The van der Waals surface area contributed by atoms with Crippen LogP contribution in [-0.2, 0) is 6.54 Å². The maximum absolute atomic E-state index is 8.62. The standard InChI is InChI=1S/C8H14N2O2/c1-7(2-3-11)10-5-8-4-9-6-12-8/h4,6-7,10-11H,2-3,5H2,1H3. The van der Waals surface area contributed by atoms with Crippen LogP contribution in [0.5, 0.6) is 0 Å². The van der Waals surface area contributed by atoms with Gasteiger partial charge in [0, 0.05) is 12.6 Å². The molecule has 0 aliphatic heterocycles. The fraction of sp³-hybridized carbons (Fsp3) is 0.625. The smallest absolute Gasteiger partial charge is 0.180 e. The van der Waals surface area contributed by atoms with Gasteiger partial charge >= 0.3 is 0 Å². The first-order valence-electron chi connectivity index (χ1n) is 4.04. The van der Waals surface area contributed by atoms with E-state index in [9.17, 15) is 0 Å². The summed E-state index contributed by atoms with van der Waals surface area (Å²) in [5, 5.41) is 11.8. The Labute approximate surface area is 71.6 Å². The van der Waals surface area contributed by atoms with Crippen molar-refractivity contribution < 1.29 is 9.52 Å². The number of hydrogen-bond acceptors (Lipinski definition) is 4. The first-order chi connectivity index (χ1) is 5.83. The summed E-state index contributed by atoms with van der Waals surface area (Å²) in [5.74, 6) is 0.819. The molecule has 68 valence electrons. The molecule has 0 amide bonds. The minimum Gasteiger partial charge on any atom is -0.447 e. The second kappa shape index (κ2) is 4.90. The van der Waals surface area contributed by atoms with Crippen LogP contribution in [0.1, 0.15) is 19.1 Å². The monoisotopic (exact) mass is 170 g/mol. The molecule has 0 aliphatic rings. The summed E-state index contributed by atoms with van der Waals surface area (Å²) in [7, 11) is 0. The number of aromatic nitrogens is 1. The van der Waals surface area contributed by atoms with E-state index in [0.717, 1.165) is 12.2 Å². The molecule has 0 aliphatic carbocycles. The van der Waals surface area contributed by atoms with Crippen LogP contribution in [0, 0.1) is 0 Å². The second-order valence-corrected chi connectivity index (χ2v) is 2.76. The highest BCUT2D eigenvalue weighted by Gasteiger charge is 2.01. The molecule has 4 nitrogen and oxygen atoms in total. The lowest BCUT2D eigenvalue weighted by Crippen LogP contribution is -2.26. The number of hydrogen-bond donors (Lipinski definition) is 2. The molecule has 1 aromatic rings. The van der Waals surface area contributed by atoms with Gasteiger partial charge in [-0.05, 0) is 13.3 Å². The number of nitrogens with one attached hydrogen (secondary N) is 1. The minimum absolute atomic E-state index is 0.213. The zero-order valence-electron chi connectivity index (χ0n) is 7.16. The maximum atomic E-state index is 8.62. The van der Waals surface area contributed by atoms with E-state index in [1.807, 2.05) is 6.92 Å². The second-order valence-electron chi connectivity index (χ2n) is 2.76. The Kier molecular flexibility index (Phi) is 3.76. The van der Waals surface area contributed by atoms with Gasteiger partial charge in [-0.1, -0.05) is 0 Å². The third-order valence-corrected chi connectivity index (χ3v) is 1.67. The summed E-state index contributed by atoms with van der Waals surface area (Å²) in [5.41, 5.74) is 0. The lowest BCUT2D eigenvalue weighted by atomic mass is 10.2. The summed E-state index contributed by atoms with van der Waals surface area (Å²) in [6, 6.07) is 0.306. The first-order valence-corrected chi connectivity index (χ1v) is 4.04. The van der Waals surface area contributed by atoms with E-state index in [1.165, 1.54) is 6.39 Å². The van der Waals surface area contributed by atoms with Crippen molar-refractivity contribution in [3.8, 4) is 0 Å². The van der Waals surface area contributed by atoms with E-state index in [-0.39, 0.29) is 6.61 Å². The Hall–Kier alpha value is -0.870. The SMILES string of the molecule is CC(CCO)NCc1cnco1. The molecule has 4 heteroatoms. The van der Waals surface area contributed by atoms with E-state index in [2.05, 4.69) is 10.3 Å². The number of nitrogens with zero attached hydrogens (tertiary/aromatic N) is 1. The van der Waals surface area contributed by atoms with Crippen LogP contribution in [0.25, 0.3) is 0 Å². The van der Waals surface area contributed by atoms with Crippen molar-refractivity contribution in [3.63, 3.8) is 0 Å². The third kappa shape index (κ3) is 3.02. The van der Waals surface area contributed by atoms with Gasteiger partial charge in [0.25, 0.3) is 0 Å². The highest BCUT2D eigenvalue weighted by Crippen LogP contribution is 1.97. The number of aliphatic hydroxyl groups excluding tert-OH is 1. The molecular weight excluding hydrogens is 156 g/mol. The summed E-state index contributed by atoms with van der Waals surface area (Å²) in [6.45, 7) is 2.90. The molecule has 1 unspecified atom stereocenters. The van der Waals surface area contributed by atoms with Gasteiger partial charge in [0.15, 0.2) is 6.39 Å². The Morgan fingerprint density at radius 2 is 2.58 bits per heavy atom. The van der Waals surface area contributed by atoms with Crippen LogP contribution in [-0.4, -0.2) is 22.7 Å². The Balaban J connectivity index is 2.17. The highest BCUT2D eigenvalue weighted by atomic mass is 16.3. The van der Waals surface area contributed by atoms with Crippen molar-refractivity contribution in [1.29, 1.82) is 0 Å². The minimum atomic E-state index is 0.213. The molecule has 12 heavy (non-hydrogen) atoms. The van der Waals surface area contributed by atoms with E-state index in [4.69, 9.17) is 9.52 Å². The van der Waals surface area contributed by atoms with Crippen LogP contribution in [0.15, 0.2) is 17.0 Å². The van der Waals surface area contributed by atoms with Crippen molar-refractivity contribution in [3.05, 3.63) is 18.4 Å². The Morgan fingerprint density at radius 1 is 1.75 bits per heavy atom. The van der Waals surface area contributed by atoms with Gasteiger partial charge in [0.05, 0.1) is 12.7 Å². The predicted molar refractivity (Wildman–Crippen MR) is 44.5 cm³/mol. The van der Waals surface area contributed by atoms with E-state index in [0.29, 0.717) is 12.6 Å². The molecule has 1 aromatic heterocycles. The largest absolute Gasteiger partial charge is 0.447 e. The van der Waals surface area contributed by atoms with Crippen LogP contribution >= 0.6 is 0 Å². The summed E-state index contributed by atoms with van der Waals surface area (Å²) in [6.07, 6.45) is 3.85. The lowest BCUT2D eigenvalue weighted by Gasteiger charge is -2.09. The van der Waals surface area contributed by atoms with Crippen LogP contribution in [0.2, 0.25) is 0 Å². The maximum Gasteiger partial charge on any atom is 0.180 e. The van der Waals surface area contributed by atoms with Crippen molar-refractivity contribution >= 4 is 0 Å². The van der Waals surface area contributed by atoms with Gasteiger partial charge in [-0.25, -0.2) is 4.98 Å². The molecular formula is C8H14N2O2. The van der Waals surface area contributed by atoms with Crippen molar-refractivity contribution in [2.45, 2.75) is 25.9 Å². The molecule has 0 fully saturated rings. The van der Waals surface area contributed by atoms with Crippen LogP contribution in [0.3, 0.4) is 0 Å². The molecule has 1 rings (SSSR count). The molecule has 0 saturated heterocycles. The third-order valence-electron chi connectivity index (χ3n) is 1.67. The number of rotatable bonds is 5. The molecule has 0 saturated carbocycles. The Bertz CT molecular complexity index is 199. The Morgan fingerprint density at radius 3 is 3.17 bits per heavy atom. The number of aliphatic hydroxyl groups is 1. The van der Waals surface area contributed by atoms with Gasteiger partial charge in [-0.2, -0.15) is 0 Å². The topological polar surface area (TPSA) is 58.3 Å². The van der Waals surface area contributed by atoms with Crippen molar-refractivity contribution in [2.24, 2.45) is 0 Å². The molecule has 1 atom stereocenters. The van der Waals surface area contributed by atoms with Crippen molar-refractivity contribution in [2.75, 3.05) is 6.61 Å². The molecule has 0 bridgehead atoms. The van der Waals surface area contributed by atoms with Gasteiger partial charge in [-0.3, -0.25) is 0 Å². The predicted octanol–water partition coefficient (Wildman–Crippen LogP) is 0.535. The quantitative estimate of drug-likeness (QED) is 0.677. The highest BCUT2D eigenvalue weighted by molar-refractivity contribution is 4.87. The zero-order chi connectivity index (χ0) is 8.81. The summed E-state index contributed by atoms with van der Waals surface area (Å²) >= 11 is 0. The molecule has 0 radical (unpaired) electrons. The van der Waals surface area contributed by atoms with Gasteiger partial charge in [-0.15, -0.1) is 0 Å². The van der Waals surface area contributed by atoms with Gasteiger partial charge < -0.3 is 14.8 Å².